The zero-order valence-electron chi connectivity index (χ0n) is 12.7. The Balaban J connectivity index is 2.04. The molecule has 1 aromatic heterocycles. The molecule has 0 bridgehead atoms. The molecule has 1 aliphatic rings. The Morgan fingerprint density at radius 3 is 2.86 bits per heavy atom. The highest BCUT2D eigenvalue weighted by Gasteiger charge is 2.25. The highest BCUT2D eigenvalue weighted by Crippen LogP contribution is 2.36. The quantitative estimate of drug-likeness (QED) is 0.939. The summed E-state index contributed by atoms with van der Waals surface area (Å²) >= 11 is 0. The van der Waals surface area contributed by atoms with Crippen molar-refractivity contribution in [2.24, 2.45) is 0 Å². The number of methoxy groups -OCH3 is 2. The van der Waals surface area contributed by atoms with Gasteiger partial charge in [-0.1, -0.05) is 6.92 Å². The first-order chi connectivity index (χ1) is 10.3. The topological polar surface area (TPSA) is 48.3 Å². The maximum atomic E-state index is 5.55. The number of fused-ring (bicyclic) bond motifs is 1. The third-order valence-electron chi connectivity index (χ3n) is 3.97. The number of ether oxygens (including phenoxy) is 2. The molecule has 0 amide bonds. The van der Waals surface area contributed by atoms with Gasteiger partial charge >= 0.3 is 0 Å². The molecule has 2 aromatic rings. The standard InChI is InChI=1S/C16H21N3O2/c1-4-11-9-16-17-8-7-14(19(16)18-11)13-6-5-12(20-2)10-15(13)21-3/h5-6,9-10,14,17H,4,7-8H2,1-3H3. The van der Waals surface area contributed by atoms with Crippen LogP contribution in [-0.2, 0) is 6.42 Å². The van der Waals surface area contributed by atoms with E-state index < -0.39 is 0 Å². The van der Waals surface area contributed by atoms with Crippen LogP contribution in [0.15, 0.2) is 24.3 Å². The van der Waals surface area contributed by atoms with E-state index in [9.17, 15) is 0 Å². The third kappa shape index (κ3) is 2.44. The van der Waals surface area contributed by atoms with E-state index in [0.717, 1.165) is 48.0 Å². The van der Waals surface area contributed by atoms with Crippen LogP contribution in [0.1, 0.15) is 30.6 Å². The number of hydrogen-bond acceptors (Lipinski definition) is 4. The first kappa shape index (κ1) is 13.8. The molecule has 21 heavy (non-hydrogen) atoms. The molecule has 112 valence electrons. The fourth-order valence-electron chi connectivity index (χ4n) is 2.83. The zero-order chi connectivity index (χ0) is 14.8. The number of anilines is 1. The van der Waals surface area contributed by atoms with Gasteiger partial charge in [0, 0.05) is 24.2 Å². The summed E-state index contributed by atoms with van der Waals surface area (Å²) in [6, 6.07) is 8.31. The summed E-state index contributed by atoms with van der Waals surface area (Å²) < 4.78 is 12.9. The van der Waals surface area contributed by atoms with Crippen molar-refractivity contribution in [3.8, 4) is 11.5 Å². The van der Waals surface area contributed by atoms with Crippen LogP contribution >= 0.6 is 0 Å². The molecule has 0 radical (unpaired) electrons. The van der Waals surface area contributed by atoms with Gasteiger partial charge in [-0.15, -0.1) is 0 Å². The Hall–Kier alpha value is -2.17. The van der Waals surface area contributed by atoms with Gasteiger partial charge in [-0.2, -0.15) is 5.10 Å². The minimum Gasteiger partial charge on any atom is -0.497 e. The Labute approximate surface area is 124 Å². The van der Waals surface area contributed by atoms with Crippen molar-refractivity contribution >= 4 is 5.82 Å². The second kappa shape index (κ2) is 5.68. The van der Waals surface area contributed by atoms with E-state index in [1.807, 2.05) is 12.1 Å². The van der Waals surface area contributed by atoms with E-state index in [-0.39, 0.29) is 6.04 Å². The summed E-state index contributed by atoms with van der Waals surface area (Å²) in [7, 11) is 3.36. The van der Waals surface area contributed by atoms with E-state index in [4.69, 9.17) is 14.6 Å². The summed E-state index contributed by atoms with van der Waals surface area (Å²) in [5.74, 6) is 2.74. The Kier molecular flexibility index (Phi) is 3.73. The van der Waals surface area contributed by atoms with Crippen LogP contribution in [0.3, 0.4) is 0 Å². The minimum absolute atomic E-state index is 0.197. The van der Waals surface area contributed by atoms with Gasteiger partial charge in [0.2, 0.25) is 0 Å². The van der Waals surface area contributed by atoms with Crippen LogP contribution in [0.2, 0.25) is 0 Å². The molecule has 3 rings (SSSR count). The lowest BCUT2D eigenvalue weighted by molar-refractivity contribution is 0.379. The predicted molar refractivity (Wildman–Crippen MR) is 82.4 cm³/mol. The van der Waals surface area contributed by atoms with E-state index in [1.54, 1.807) is 14.2 Å². The molecule has 1 aliphatic heterocycles. The maximum absolute atomic E-state index is 5.55. The van der Waals surface area contributed by atoms with Crippen LogP contribution in [0, 0.1) is 0 Å². The van der Waals surface area contributed by atoms with Crippen molar-refractivity contribution in [2.45, 2.75) is 25.8 Å². The van der Waals surface area contributed by atoms with Gasteiger partial charge in [0.05, 0.1) is 26.0 Å². The molecule has 1 unspecified atom stereocenters. The summed E-state index contributed by atoms with van der Waals surface area (Å²) in [5.41, 5.74) is 2.25. The number of nitrogens with zero attached hydrogens (tertiary/aromatic N) is 2. The smallest absolute Gasteiger partial charge is 0.127 e. The van der Waals surface area contributed by atoms with Gasteiger partial charge in [-0.25, -0.2) is 4.68 Å². The van der Waals surface area contributed by atoms with Gasteiger partial charge in [-0.3, -0.25) is 0 Å². The van der Waals surface area contributed by atoms with Gasteiger partial charge in [0.25, 0.3) is 0 Å². The molecule has 0 fully saturated rings. The van der Waals surface area contributed by atoms with Crippen LogP contribution in [0.4, 0.5) is 5.82 Å². The molecule has 1 aromatic carbocycles. The zero-order valence-corrected chi connectivity index (χ0v) is 12.7. The molecule has 0 aliphatic carbocycles. The molecular weight excluding hydrogens is 266 g/mol. The highest BCUT2D eigenvalue weighted by atomic mass is 16.5. The SMILES string of the molecule is CCc1cc2n(n1)C(c1ccc(OC)cc1OC)CCN2. The number of hydrogen-bond donors (Lipinski definition) is 1. The average molecular weight is 287 g/mol. The van der Waals surface area contributed by atoms with Gasteiger partial charge in [0.1, 0.15) is 17.3 Å². The van der Waals surface area contributed by atoms with Gasteiger partial charge < -0.3 is 14.8 Å². The Bertz CT molecular complexity index is 636. The summed E-state index contributed by atoms with van der Waals surface area (Å²) in [4.78, 5) is 0. The number of aryl methyl sites for hydroxylation is 1. The van der Waals surface area contributed by atoms with Crippen LogP contribution in [-0.4, -0.2) is 30.5 Å². The number of benzene rings is 1. The van der Waals surface area contributed by atoms with E-state index in [2.05, 4.69) is 29.1 Å². The molecule has 2 heterocycles. The Morgan fingerprint density at radius 1 is 1.29 bits per heavy atom. The summed E-state index contributed by atoms with van der Waals surface area (Å²) in [6.45, 7) is 3.06. The normalized spacial score (nSPS) is 17.0. The monoisotopic (exact) mass is 287 g/mol. The molecule has 5 nitrogen and oxygen atoms in total. The summed E-state index contributed by atoms with van der Waals surface area (Å²) in [6.07, 6.45) is 1.93. The van der Waals surface area contributed by atoms with E-state index in [1.165, 1.54) is 0 Å². The van der Waals surface area contributed by atoms with Gasteiger partial charge in [-0.05, 0) is 25.0 Å². The summed E-state index contributed by atoms with van der Waals surface area (Å²) in [5, 5.41) is 8.12. The number of rotatable bonds is 4. The maximum Gasteiger partial charge on any atom is 0.127 e. The molecule has 1 N–H and O–H groups in total. The average Bonchev–Trinajstić information content (AvgIpc) is 2.97. The largest absolute Gasteiger partial charge is 0.497 e. The second-order valence-electron chi connectivity index (χ2n) is 5.16. The van der Waals surface area contributed by atoms with Crippen molar-refractivity contribution < 1.29 is 9.47 Å². The minimum atomic E-state index is 0.197. The van der Waals surface area contributed by atoms with Crippen molar-refractivity contribution in [3.63, 3.8) is 0 Å². The predicted octanol–water partition coefficient (Wildman–Crippen LogP) is 2.87. The Morgan fingerprint density at radius 2 is 2.14 bits per heavy atom. The lowest BCUT2D eigenvalue weighted by atomic mass is 10.0. The molecule has 0 saturated heterocycles. The first-order valence-electron chi connectivity index (χ1n) is 7.31. The highest BCUT2D eigenvalue weighted by molar-refractivity contribution is 5.47. The molecular formula is C16H21N3O2. The van der Waals surface area contributed by atoms with Crippen molar-refractivity contribution in [3.05, 3.63) is 35.5 Å². The van der Waals surface area contributed by atoms with Crippen molar-refractivity contribution in [1.29, 1.82) is 0 Å². The molecule has 5 heteroatoms. The molecule has 0 saturated carbocycles. The fourth-order valence-corrected chi connectivity index (χ4v) is 2.83. The van der Waals surface area contributed by atoms with E-state index >= 15 is 0 Å². The van der Waals surface area contributed by atoms with Crippen LogP contribution in [0.5, 0.6) is 11.5 Å². The fraction of sp³-hybridized carbons (Fsp3) is 0.438. The lowest BCUT2D eigenvalue weighted by Crippen LogP contribution is -2.24. The number of nitrogens with one attached hydrogen (secondary N) is 1. The van der Waals surface area contributed by atoms with Gasteiger partial charge in [0.15, 0.2) is 0 Å². The second-order valence-corrected chi connectivity index (χ2v) is 5.16. The van der Waals surface area contributed by atoms with Crippen LogP contribution in [0.25, 0.3) is 0 Å². The number of aromatic nitrogens is 2. The van der Waals surface area contributed by atoms with Crippen molar-refractivity contribution in [1.82, 2.24) is 9.78 Å². The molecule has 0 spiro atoms. The third-order valence-corrected chi connectivity index (χ3v) is 3.97. The van der Waals surface area contributed by atoms with E-state index in [0.29, 0.717) is 0 Å². The first-order valence-corrected chi connectivity index (χ1v) is 7.31. The molecule has 1 atom stereocenters. The lowest BCUT2D eigenvalue weighted by Gasteiger charge is -2.27. The van der Waals surface area contributed by atoms with Crippen LogP contribution < -0.4 is 14.8 Å². The van der Waals surface area contributed by atoms with Crippen molar-refractivity contribution in [2.75, 3.05) is 26.1 Å².